The Hall–Kier alpha value is -1.53. The molecule has 0 spiro atoms. The average molecular weight is 225 g/mol. The van der Waals surface area contributed by atoms with Crippen LogP contribution < -0.4 is 5.73 Å². The highest BCUT2D eigenvalue weighted by Gasteiger charge is 1.96. The number of hydrogen-bond donors (Lipinski definition) is 2. The van der Waals surface area contributed by atoms with Crippen molar-refractivity contribution in [1.82, 2.24) is 0 Å². The molecule has 1 unspecified atom stereocenters. The Balaban J connectivity index is 2.70. The Kier molecular flexibility index (Phi) is 4.14. The fourth-order valence-corrected chi connectivity index (χ4v) is 0.957. The van der Waals surface area contributed by atoms with Gasteiger partial charge in [-0.05, 0) is 12.5 Å². The van der Waals surface area contributed by atoms with E-state index in [1.807, 2.05) is 31.2 Å². The van der Waals surface area contributed by atoms with Gasteiger partial charge in [0.15, 0.2) is 0 Å². The third-order valence-electron chi connectivity index (χ3n) is 1.62. The topological polar surface area (TPSA) is 88.0 Å². The molecule has 0 amide bonds. The van der Waals surface area contributed by atoms with Crippen LogP contribution >= 0.6 is 0 Å². The molecule has 0 aliphatic heterocycles. The van der Waals surface area contributed by atoms with E-state index in [4.69, 9.17) is 10.3 Å². The summed E-state index contributed by atoms with van der Waals surface area (Å²) in [4.78, 5) is 0. The second-order valence-corrected chi connectivity index (χ2v) is 3.76. The summed E-state index contributed by atoms with van der Waals surface area (Å²) in [6.07, 6.45) is 1.46. The van der Waals surface area contributed by atoms with Crippen LogP contribution in [0.1, 0.15) is 11.1 Å². The van der Waals surface area contributed by atoms with Crippen LogP contribution in [0, 0.1) is 6.92 Å². The predicted molar refractivity (Wildman–Crippen MR) is 61.2 cm³/mol. The smallest absolute Gasteiger partial charge is 0.238 e. The first-order chi connectivity index (χ1) is 7.09. The van der Waals surface area contributed by atoms with Crippen LogP contribution in [0.3, 0.4) is 0 Å². The van der Waals surface area contributed by atoms with Crippen molar-refractivity contribution in [2.45, 2.75) is 6.92 Å². The lowest BCUT2D eigenvalue weighted by atomic mass is 10.2. The van der Waals surface area contributed by atoms with Gasteiger partial charge in [0.05, 0.1) is 6.21 Å². The van der Waals surface area contributed by atoms with Crippen LogP contribution in [0.25, 0.3) is 0 Å². The largest absolute Gasteiger partial charge is 0.373 e. The van der Waals surface area contributed by atoms with Gasteiger partial charge in [0.1, 0.15) is 0 Å². The van der Waals surface area contributed by atoms with Gasteiger partial charge in [0.25, 0.3) is 0 Å². The molecule has 80 valence electrons. The van der Waals surface area contributed by atoms with E-state index in [0.29, 0.717) is 0 Å². The third kappa shape index (κ3) is 4.01. The molecule has 0 aliphatic rings. The Morgan fingerprint density at radius 3 is 2.60 bits per heavy atom. The first kappa shape index (κ1) is 11.5. The number of nitrogens with zero attached hydrogens (tertiary/aromatic N) is 2. The Morgan fingerprint density at radius 1 is 1.47 bits per heavy atom. The van der Waals surface area contributed by atoms with E-state index >= 15 is 0 Å². The summed E-state index contributed by atoms with van der Waals surface area (Å²) < 4.78 is 18.9. The van der Waals surface area contributed by atoms with Crippen molar-refractivity contribution in [2.75, 3.05) is 0 Å². The van der Waals surface area contributed by atoms with Crippen molar-refractivity contribution in [3.8, 4) is 0 Å². The molecule has 15 heavy (non-hydrogen) atoms. The van der Waals surface area contributed by atoms with Crippen LogP contribution in [-0.2, 0) is 11.1 Å². The average Bonchev–Trinajstić information content (AvgIpc) is 2.20. The molecule has 0 radical (unpaired) electrons. The molecule has 1 aromatic rings. The van der Waals surface area contributed by atoms with Gasteiger partial charge in [0.2, 0.25) is 16.2 Å². The zero-order valence-corrected chi connectivity index (χ0v) is 8.94. The summed E-state index contributed by atoms with van der Waals surface area (Å²) >= 11 is -2.26. The Bertz CT molecular complexity index is 412. The fourth-order valence-electron chi connectivity index (χ4n) is 0.840. The highest BCUT2D eigenvalue weighted by molar-refractivity contribution is 7.95. The maximum absolute atomic E-state index is 10.4. The molecule has 0 saturated carbocycles. The molecule has 0 bridgehead atoms. The molecule has 0 heterocycles. The fraction of sp³-hybridized carbons (Fsp3) is 0.111. The van der Waals surface area contributed by atoms with Gasteiger partial charge in [-0.15, -0.1) is 5.10 Å². The molecule has 1 atom stereocenters. The van der Waals surface area contributed by atoms with Gasteiger partial charge in [-0.25, -0.2) is 4.21 Å². The van der Waals surface area contributed by atoms with Gasteiger partial charge in [0, 0.05) is 0 Å². The van der Waals surface area contributed by atoms with Gasteiger partial charge < -0.3 is 5.73 Å². The minimum Gasteiger partial charge on any atom is -0.373 e. The van der Waals surface area contributed by atoms with E-state index in [2.05, 4.69) is 10.2 Å². The normalized spacial score (nSPS) is 14.4. The molecule has 3 N–H and O–H groups in total. The van der Waals surface area contributed by atoms with Crippen LogP contribution in [0.2, 0.25) is 0 Å². The van der Waals surface area contributed by atoms with Gasteiger partial charge in [-0.1, -0.05) is 29.8 Å². The van der Waals surface area contributed by atoms with Gasteiger partial charge in [-0.2, -0.15) is 5.10 Å². The lowest BCUT2D eigenvalue weighted by Gasteiger charge is -1.92. The second kappa shape index (κ2) is 5.38. The lowest BCUT2D eigenvalue weighted by molar-refractivity contribution is 0.576. The summed E-state index contributed by atoms with van der Waals surface area (Å²) in [6, 6.07) is 7.58. The number of aryl methyl sites for hydroxylation is 1. The van der Waals surface area contributed by atoms with Crippen molar-refractivity contribution in [1.29, 1.82) is 0 Å². The Labute approximate surface area is 90.0 Å². The SMILES string of the molecule is Cc1ccc(/C=N/N=C(\N)S(=O)O)cc1. The molecular weight excluding hydrogens is 214 g/mol. The summed E-state index contributed by atoms with van der Waals surface area (Å²) in [5, 5.41) is 6.51. The van der Waals surface area contributed by atoms with Crippen LogP contribution in [0.5, 0.6) is 0 Å². The summed E-state index contributed by atoms with van der Waals surface area (Å²) in [5.74, 6) is 0. The maximum atomic E-state index is 10.4. The van der Waals surface area contributed by atoms with Crippen LogP contribution in [-0.4, -0.2) is 20.1 Å². The van der Waals surface area contributed by atoms with Crippen LogP contribution in [0.4, 0.5) is 0 Å². The molecule has 0 saturated heterocycles. The molecule has 5 nitrogen and oxygen atoms in total. The minimum atomic E-state index is -2.26. The van der Waals surface area contributed by atoms with Crippen LogP contribution in [0.15, 0.2) is 34.5 Å². The zero-order valence-electron chi connectivity index (χ0n) is 8.12. The quantitative estimate of drug-likeness (QED) is 0.339. The Morgan fingerprint density at radius 2 is 2.07 bits per heavy atom. The maximum Gasteiger partial charge on any atom is 0.238 e. The standard InChI is InChI=1S/C9H11N3O2S/c1-7-2-4-8(5-3-7)6-11-12-9(10)15(13)14/h2-6H,1H3,(H2,10,12)(H,13,14)/b11-6+. The van der Waals surface area contributed by atoms with Gasteiger partial charge in [-0.3, -0.25) is 4.55 Å². The van der Waals surface area contributed by atoms with Crippen molar-refractivity contribution in [3.05, 3.63) is 35.4 Å². The van der Waals surface area contributed by atoms with E-state index in [-0.39, 0.29) is 0 Å². The van der Waals surface area contributed by atoms with Gasteiger partial charge >= 0.3 is 0 Å². The zero-order chi connectivity index (χ0) is 11.3. The van der Waals surface area contributed by atoms with Crippen molar-refractivity contribution < 1.29 is 8.76 Å². The second-order valence-electron chi connectivity index (χ2n) is 2.84. The van der Waals surface area contributed by atoms with Crippen molar-refractivity contribution in [3.63, 3.8) is 0 Å². The molecule has 0 aliphatic carbocycles. The number of hydrogen-bond acceptors (Lipinski definition) is 3. The van der Waals surface area contributed by atoms with E-state index in [9.17, 15) is 4.21 Å². The predicted octanol–water partition coefficient (Wildman–Crippen LogP) is 0.865. The molecule has 0 fully saturated rings. The number of nitrogens with two attached hydrogens (primary N) is 1. The van der Waals surface area contributed by atoms with Crippen molar-refractivity contribution in [2.24, 2.45) is 15.9 Å². The van der Waals surface area contributed by atoms with Crippen molar-refractivity contribution >= 4 is 22.5 Å². The lowest BCUT2D eigenvalue weighted by Crippen LogP contribution is -2.16. The number of rotatable bonds is 2. The molecule has 1 rings (SSSR count). The highest BCUT2D eigenvalue weighted by atomic mass is 32.2. The monoisotopic (exact) mass is 225 g/mol. The van der Waals surface area contributed by atoms with E-state index in [1.165, 1.54) is 6.21 Å². The van der Waals surface area contributed by atoms with E-state index < -0.39 is 16.2 Å². The summed E-state index contributed by atoms with van der Waals surface area (Å²) in [7, 11) is 0. The first-order valence-electron chi connectivity index (χ1n) is 4.13. The first-order valence-corrected chi connectivity index (χ1v) is 5.24. The summed E-state index contributed by atoms with van der Waals surface area (Å²) in [5.41, 5.74) is 7.08. The third-order valence-corrected chi connectivity index (χ3v) is 2.06. The van der Waals surface area contributed by atoms with E-state index in [1.54, 1.807) is 0 Å². The minimum absolute atomic E-state index is 0.418. The summed E-state index contributed by atoms with van der Waals surface area (Å²) in [6.45, 7) is 1.98. The molecule has 6 heteroatoms. The molecular formula is C9H11N3O2S. The molecule has 1 aromatic carbocycles. The van der Waals surface area contributed by atoms with E-state index in [0.717, 1.165) is 11.1 Å². The highest BCUT2D eigenvalue weighted by Crippen LogP contribution is 2.00. The molecule has 0 aromatic heterocycles. The number of benzene rings is 1. The number of amidine groups is 1.